The van der Waals surface area contributed by atoms with E-state index < -0.39 is 6.23 Å². The van der Waals surface area contributed by atoms with Crippen molar-refractivity contribution >= 4 is 40.5 Å². The molecule has 1 N–H and O–H groups in total. The maximum Gasteiger partial charge on any atom is 0.217 e. The first-order chi connectivity index (χ1) is 14.9. The molecule has 2 aliphatic heterocycles. The van der Waals surface area contributed by atoms with Crippen molar-refractivity contribution in [3.63, 3.8) is 0 Å². The summed E-state index contributed by atoms with van der Waals surface area (Å²) in [5.74, 6) is 1.37. The minimum absolute atomic E-state index is 0.0830. The minimum atomic E-state index is -0.703. The van der Waals surface area contributed by atoms with Crippen LogP contribution >= 0.6 is 34.8 Å². The number of benzene rings is 3. The van der Waals surface area contributed by atoms with Crippen LogP contribution in [0.2, 0.25) is 15.1 Å². The lowest BCUT2D eigenvalue weighted by molar-refractivity contribution is -0.0203. The zero-order valence-corrected chi connectivity index (χ0v) is 18.6. The average molecular weight is 476 g/mol. The van der Waals surface area contributed by atoms with Gasteiger partial charge in [0, 0.05) is 22.0 Å². The molecule has 2 heterocycles. The lowest BCUT2D eigenvalue weighted by Crippen LogP contribution is -2.33. The van der Waals surface area contributed by atoms with Crippen molar-refractivity contribution in [2.75, 3.05) is 7.11 Å². The molecular formula is C23H17Cl3N2O3. The minimum Gasteiger partial charge on any atom is -0.506 e. The zero-order valence-electron chi connectivity index (χ0n) is 16.3. The first-order valence-electron chi connectivity index (χ1n) is 9.59. The molecule has 0 fully saturated rings. The Hall–Kier alpha value is -2.60. The fraction of sp³-hybridized carbons (Fsp3) is 0.174. The van der Waals surface area contributed by atoms with Gasteiger partial charge in [0.1, 0.15) is 17.2 Å². The molecule has 0 saturated heterocycles. The Labute approximate surface area is 194 Å². The number of hydrogen-bond donors (Lipinski definition) is 1. The Balaban J connectivity index is 1.62. The maximum atomic E-state index is 10.6. The Morgan fingerprint density at radius 3 is 2.48 bits per heavy atom. The molecule has 2 aliphatic rings. The third-order valence-corrected chi connectivity index (χ3v) is 6.24. The molecule has 8 heteroatoms. The van der Waals surface area contributed by atoms with Crippen LogP contribution in [0.4, 0.5) is 0 Å². The zero-order chi connectivity index (χ0) is 21.7. The lowest BCUT2D eigenvalue weighted by atomic mass is 9.95. The summed E-state index contributed by atoms with van der Waals surface area (Å²) >= 11 is 18.7. The second-order valence-electron chi connectivity index (χ2n) is 7.35. The first-order valence-corrected chi connectivity index (χ1v) is 10.7. The van der Waals surface area contributed by atoms with Gasteiger partial charge in [0.2, 0.25) is 6.23 Å². The number of hydrogen-bond acceptors (Lipinski definition) is 5. The second-order valence-corrected chi connectivity index (χ2v) is 8.63. The maximum absolute atomic E-state index is 10.6. The van der Waals surface area contributed by atoms with Gasteiger partial charge in [-0.3, -0.25) is 0 Å². The largest absolute Gasteiger partial charge is 0.506 e. The molecule has 0 bridgehead atoms. The van der Waals surface area contributed by atoms with Crippen LogP contribution in [0.15, 0.2) is 59.7 Å². The predicted octanol–water partition coefficient (Wildman–Crippen LogP) is 6.60. The third-order valence-electron chi connectivity index (χ3n) is 5.50. The highest BCUT2D eigenvalue weighted by Crippen LogP contribution is 2.50. The van der Waals surface area contributed by atoms with Crippen molar-refractivity contribution in [2.45, 2.75) is 18.7 Å². The quantitative estimate of drug-likeness (QED) is 0.463. The van der Waals surface area contributed by atoms with Crippen molar-refractivity contribution in [2.24, 2.45) is 5.10 Å². The number of rotatable bonds is 3. The Morgan fingerprint density at radius 1 is 1.00 bits per heavy atom. The normalized spacial score (nSPS) is 19.4. The van der Waals surface area contributed by atoms with E-state index in [1.807, 2.05) is 41.4 Å². The van der Waals surface area contributed by atoms with E-state index in [1.165, 1.54) is 6.07 Å². The standard InChI is InChI=1S/C23H17Cl3N2O3/c1-30-15-5-2-12(3-6-15)19-11-20-16-8-13(24)4-7-21(16)31-23(28(20)27-19)17-9-14(25)10-18(26)22(17)29/h2-10,20,23,29H,11H2,1H3. The van der Waals surface area contributed by atoms with E-state index >= 15 is 0 Å². The number of hydrazone groups is 1. The van der Waals surface area contributed by atoms with Crippen LogP contribution in [0.5, 0.6) is 17.2 Å². The van der Waals surface area contributed by atoms with Gasteiger partial charge in [0.25, 0.3) is 0 Å². The van der Waals surface area contributed by atoms with Crippen LogP contribution in [-0.4, -0.2) is 22.9 Å². The number of nitrogens with zero attached hydrogens (tertiary/aromatic N) is 2. The molecule has 3 aromatic carbocycles. The Bertz CT molecular complexity index is 1200. The molecule has 0 radical (unpaired) electrons. The smallest absolute Gasteiger partial charge is 0.217 e. The van der Waals surface area contributed by atoms with Crippen molar-refractivity contribution in [3.05, 3.63) is 86.4 Å². The van der Waals surface area contributed by atoms with E-state index in [2.05, 4.69) is 0 Å². The summed E-state index contributed by atoms with van der Waals surface area (Å²) in [6.07, 6.45) is -0.0557. The van der Waals surface area contributed by atoms with E-state index in [1.54, 1.807) is 19.2 Å². The fourth-order valence-corrected chi connectivity index (χ4v) is 4.69. The van der Waals surface area contributed by atoms with E-state index in [4.69, 9.17) is 49.4 Å². The van der Waals surface area contributed by atoms with Crippen molar-refractivity contribution in [1.29, 1.82) is 0 Å². The molecular weight excluding hydrogens is 459 g/mol. The van der Waals surface area contributed by atoms with E-state index in [0.717, 1.165) is 22.6 Å². The molecule has 0 saturated carbocycles. The molecule has 31 heavy (non-hydrogen) atoms. The predicted molar refractivity (Wildman–Crippen MR) is 122 cm³/mol. The number of halogens is 3. The summed E-state index contributed by atoms with van der Waals surface area (Å²) in [5.41, 5.74) is 3.25. The number of phenolic OH excluding ortho intramolecular Hbond substituents is 1. The highest BCUT2D eigenvalue weighted by molar-refractivity contribution is 6.35. The molecule has 5 rings (SSSR count). The summed E-state index contributed by atoms with van der Waals surface area (Å²) < 4.78 is 11.5. The van der Waals surface area contributed by atoms with Gasteiger partial charge < -0.3 is 14.6 Å². The molecule has 0 aliphatic carbocycles. The number of methoxy groups -OCH3 is 1. The van der Waals surface area contributed by atoms with Gasteiger partial charge in [0.15, 0.2) is 0 Å². The van der Waals surface area contributed by atoms with Gasteiger partial charge in [-0.05, 0) is 60.2 Å². The van der Waals surface area contributed by atoms with Crippen LogP contribution in [0, 0.1) is 0 Å². The molecule has 0 amide bonds. The first kappa shape index (κ1) is 20.3. The molecule has 0 aromatic heterocycles. The van der Waals surface area contributed by atoms with Crippen molar-refractivity contribution in [3.8, 4) is 17.2 Å². The van der Waals surface area contributed by atoms with Gasteiger partial charge in [-0.15, -0.1) is 0 Å². The van der Waals surface area contributed by atoms with Crippen molar-refractivity contribution in [1.82, 2.24) is 5.01 Å². The summed E-state index contributed by atoms with van der Waals surface area (Å²) in [4.78, 5) is 0. The van der Waals surface area contributed by atoms with Crippen LogP contribution in [-0.2, 0) is 0 Å². The molecule has 2 unspecified atom stereocenters. The van der Waals surface area contributed by atoms with Gasteiger partial charge in [-0.25, -0.2) is 5.01 Å². The van der Waals surface area contributed by atoms with Crippen LogP contribution in [0.25, 0.3) is 0 Å². The van der Waals surface area contributed by atoms with Crippen LogP contribution in [0.3, 0.4) is 0 Å². The molecule has 158 valence electrons. The Kier molecular flexibility index (Phi) is 5.13. The van der Waals surface area contributed by atoms with Crippen LogP contribution < -0.4 is 9.47 Å². The van der Waals surface area contributed by atoms with Crippen LogP contribution in [0.1, 0.15) is 35.4 Å². The number of phenols is 1. The van der Waals surface area contributed by atoms with E-state index in [-0.39, 0.29) is 16.8 Å². The summed E-state index contributed by atoms with van der Waals surface area (Å²) in [7, 11) is 1.63. The highest BCUT2D eigenvalue weighted by atomic mass is 35.5. The molecule has 3 aromatic rings. The molecule has 5 nitrogen and oxygen atoms in total. The number of fused-ring (bicyclic) bond motifs is 3. The van der Waals surface area contributed by atoms with E-state index in [9.17, 15) is 5.11 Å². The lowest BCUT2D eigenvalue weighted by Gasteiger charge is -2.38. The van der Waals surface area contributed by atoms with Gasteiger partial charge in [-0.1, -0.05) is 34.8 Å². The van der Waals surface area contributed by atoms with Gasteiger partial charge in [0.05, 0.1) is 29.4 Å². The Morgan fingerprint density at radius 2 is 1.74 bits per heavy atom. The number of aromatic hydroxyl groups is 1. The van der Waals surface area contributed by atoms with Crippen molar-refractivity contribution < 1.29 is 14.6 Å². The van der Waals surface area contributed by atoms with E-state index in [0.29, 0.717) is 27.8 Å². The summed E-state index contributed by atoms with van der Waals surface area (Å²) in [5, 5.41) is 18.5. The summed E-state index contributed by atoms with van der Waals surface area (Å²) in [6.45, 7) is 0. The monoisotopic (exact) mass is 474 g/mol. The molecule has 0 spiro atoms. The molecule has 2 atom stereocenters. The second kappa shape index (κ2) is 7.83. The van der Waals surface area contributed by atoms with Gasteiger partial charge in [-0.2, -0.15) is 5.10 Å². The average Bonchev–Trinajstić information content (AvgIpc) is 3.22. The number of ether oxygens (including phenoxy) is 2. The van der Waals surface area contributed by atoms with Gasteiger partial charge >= 0.3 is 0 Å². The topological polar surface area (TPSA) is 54.3 Å². The fourth-order valence-electron chi connectivity index (χ4n) is 4.00. The SMILES string of the molecule is COc1ccc(C2=NN3C(C2)c2cc(Cl)ccc2OC3c2cc(Cl)cc(Cl)c2O)cc1. The highest BCUT2D eigenvalue weighted by Gasteiger charge is 2.42. The summed E-state index contributed by atoms with van der Waals surface area (Å²) in [6, 6.07) is 16.3. The third kappa shape index (κ3) is 3.57.